The van der Waals surface area contributed by atoms with E-state index in [-0.39, 0.29) is 5.41 Å². The van der Waals surface area contributed by atoms with Gasteiger partial charge in [-0.2, -0.15) is 0 Å². The Labute approximate surface area is 60.9 Å². The zero-order valence-electron chi connectivity index (χ0n) is 6.08. The summed E-state index contributed by atoms with van der Waals surface area (Å²) < 4.78 is 0. The molecule has 10 heavy (non-hydrogen) atoms. The first-order chi connectivity index (χ1) is 4.71. The van der Waals surface area contributed by atoms with Crippen molar-refractivity contribution in [3.8, 4) is 0 Å². The summed E-state index contributed by atoms with van der Waals surface area (Å²) in [4.78, 5) is 0. The zero-order valence-corrected chi connectivity index (χ0v) is 6.08. The molecule has 0 heterocycles. The average molecular weight is 145 g/mol. The lowest BCUT2D eigenvalue weighted by Gasteiger charge is -2.28. The molecular weight excluding hydrogens is 130 g/mol. The topological polar surface area (TPSA) is 66.5 Å². The van der Waals surface area contributed by atoms with E-state index in [2.05, 4.69) is 0 Å². The van der Waals surface area contributed by atoms with Gasteiger partial charge >= 0.3 is 0 Å². The Morgan fingerprint density at radius 3 is 2.00 bits per heavy atom. The van der Waals surface area contributed by atoms with Crippen LogP contribution in [0.2, 0.25) is 0 Å². The number of nitrogens with two attached hydrogens (primary N) is 1. The summed E-state index contributed by atoms with van der Waals surface area (Å²) in [7, 11) is 0. The van der Waals surface area contributed by atoms with Crippen molar-refractivity contribution in [2.45, 2.75) is 32.0 Å². The van der Waals surface area contributed by atoms with Crippen LogP contribution in [0.25, 0.3) is 0 Å². The minimum Gasteiger partial charge on any atom is -0.368 e. The fraction of sp³-hybridized carbons (Fsp3) is 1.00. The van der Waals surface area contributed by atoms with Crippen molar-refractivity contribution in [1.29, 1.82) is 0 Å². The third-order valence-corrected chi connectivity index (χ3v) is 2.55. The van der Waals surface area contributed by atoms with E-state index < -0.39 is 6.29 Å². The Kier molecular flexibility index (Phi) is 2.28. The quantitative estimate of drug-likeness (QED) is 0.472. The largest absolute Gasteiger partial charge is 0.368 e. The molecule has 4 N–H and O–H groups in total. The minimum atomic E-state index is -1.22. The molecule has 0 aromatic carbocycles. The summed E-state index contributed by atoms with van der Waals surface area (Å²) in [6.07, 6.45) is 2.66. The highest BCUT2D eigenvalue weighted by Gasteiger charge is 2.38. The Morgan fingerprint density at radius 2 is 1.80 bits per heavy atom. The molecule has 0 saturated heterocycles. The summed E-state index contributed by atoms with van der Waals surface area (Å²) in [5.41, 5.74) is 5.07. The molecule has 0 bridgehead atoms. The van der Waals surface area contributed by atoms with Crippen LogP contribution in [0.15, 0.2) is 0 Å². The van der Waals surface area contributed by atoms with Crippen LogP contribution in [-0.2, 0) is 0 Å². The molecule has 1 aliphatic rings. The Hall–Kier alpha value is -0.120. The van der Waals surface area contributed by atoms with Crippen molar-refractivity contribution >= 4 is 0 Å². The van der Waals surface area contributed by atoms with Gasteiger partial charge in [-0.15, -0.1) is 0 Å². The molecule has 0 spiro atoms. The molecular formula is C7H15NO2. The van der Waals surface area contributed by atoms with Gasteiger partial charge in [-0.25, -0.2) is 0 Å². The van der Waals surface area contributed by atoms with Gasteiger partial charge in [0, 0.05) is 12.0 Å². The van der Waals surface area contributed by atoms with Gasteiger partial charge in [0.1, 0.15) is 0 Å². The third-order valence-electron chi connectivity index (χ3n) is 2.55. The first-order valence-electron chi connectivity index (χ1n) is 3.77. The second-order valence-corrected chi connectivity index (χ2v) is 3.15. The fourth-order valence-corrected chi connectivity index (χ4v) is 1.65. The Morgan fingerprint density at radius 1 is 1.30 bits per heavy atom. The maximum atomic E-state index is 8.98. The molecule has 1 saturated carbocycles. The number of aliphatic hydroxyl groups excluding tert-OH is 1. The van der Waals surface area contributed by atoms with Crippen LogP contribution in [0, 0.1) is 5.41 Å². The molecule has 1 rings (SSSR count). The van der Waals surface area contributed by atoms with Crippen LogP contribution in [0.5, 0.6) is 0 Å². The summed E-state index contributed by atoms with van der Waals surface area (Å²) in [6.45, 7) is 0.394. The number of hydrogen-bond acceptors (Lipinski definition) is 3. The van der Waals surface area contributed by atoms with Gasteiger partial charge in [0.25, 0.3) is 0 Å². The molecule has 0 amide bonds. The molecule has 0 atom stereocenters. The molecule has 0 radical (unpaired) electrons. The predicted molar refractivity (Wildman–Crippen MR) is 38.2 cm³/mol. The Balaban J connectivity index is 2.58. The van der Waals surface area contributed by atoms with Gasteiger partial charge in [0.05, 0.1) is 0 Å². The molecule has 0 unspecified atom stereocenters. The summed E-state index contributed by atoms with van der Waals surface area (Å²) in [5, 5.41) is 18.0. The Bertz CT molecular complexity index is 108. The van der Waals surface area contributed by atoms with Crippen LogP contribution in [0.3, 0.4) is 0 Å². The van der Waals surface area contributed by atoms with Gasteiger partial charge in [0.15, 0.2) is 6.29 Å². The lowest BCUT2D eigenvalue weighted by molar-refractivity contribution is -0.129. The molecule has 1 aliphatic carbocycles. The summed E-state index contributed by atoms with van der Waals surface area (Å²) in [5.74, 6) is 0. The van der Waals surface area contributed by atoms with Crippen LogP contribution < -0.4 is 5.73 Å². The van der Waals surface area contributed by atoms with Crippen molar-refractivity contribution in [3.63, 3.8) is 0 Å². The highest BCUT2D eigenvalue weighted by atomic mass is 16.5. The van der Waals surface area contributed by atoms with Gasteiger partial charge < -0.3 is 15.9 Å². The molecule has 0 aliphatic heterocycles. The minimum absolute atomic E-state index is 0.375. The average Bonchev–Trinajstić information content (AvgIpc) is 2.35. The van der Waals surface area contributed by atoms with Crippen LogP contribution in [0.4, 0.5) is 0 Å². The second-order valence-electron chi connectivity index (χ2n) is 3.15. The maximum Gasteiger partial charge on any atom is 0.158 e. The first kappa shape index (κ1) is 7.98. The first-order valence-corrected chi connectivity index (χ1v) is 3.77. The second kappa shape index (κ2) is 2.86. The van der Waals surface area contributed by atoms with Gasteiger partial charge in [-0.1, -0.05) is 12.8 Å². The normalized spacial score (nSPS) is 24.0. The predicted octanol–water partition coefficient (Wildman–Crippen LogP) is -0.184. The number of rotatable bonds is 2. The van der Waals surface area contributed by atoms with Gasteiger partial charge in [0.2, 0.25) is 0 Å². The van der Waals surface area contributed by atoms with E-state index in [4.69, 9.17) is 15.9 Å². The molecule has 3 heteroatoms. The maximum absolute atomic E-state index is 8.98. The highest BCUT2D eigenvalue weighted by Crippen LogP contribution is 2.39. The molecule has 0 aromatic heterocycles. The van der Waals surface area contributed by atoms with E-state index >= 15 is 0 Å². The molecule has 1 fully saturated rings. The number of hydrogen-bond donors (Lipinski definition) is 3. The summed E-state index contributed by atoms with van der Waals surface area (Å²) in [6, 6.07) is 0. The van der Waals surface area contributed by atoms with E-state index in [1.165, 1.54) is 0 Å². The zero-order chi connectivity index (χ0) is 7.61. The smallest absolute Gasteiger partial charge is 0.158 e. The van der Waals surface area contributed by atoms with Crippen molar-refractivity contribution in [2.75, 3.05) is 6.54 Å². The van der Waals surface area contributed by atoms with E-state index in [1.54, 1.807) is 0 Å². The van der Waals surface area contributed by atoms with E-state index in [1.807, 2.05) is 0 Å². The lowest BCUT2D eigenvalue weighted by atomic mass is 9.86. The van der Waals surface area contributed by atoms with Crippen molar-refractivity contribution < 1.29 is 10.2 Å². The molecule has 3 nitrogen and oxygen atoms in total. The molecule has 60 valence electrons. The standard InChI is InChI=1S/C7H15NO2/c8-5-7(6(9)10)3-1-2-4-7/h6,9-10H,1-5,8H2. The lowest BCUT2D eigenvalue weighted by Crippen LogP contribution is -2.39. The monoisotopic (exact) mass is 145 g/mol. The third kappa shape index (κ3) is 1.17. The SMILES string of the molecule is NCC1(C(O)O)CCCC1. The van der Waals surface area contributed by atoms with Crippen LogP contribution in [0.1, 0.15) is 25.7 Å². The summed E-state index contributed by atoms with van der Waals surface area (Å²) >= 11 is 0. The van der Waals surface area contributed by atoms with E-state index in [0.717, 1.165) is 25.7 Å². The van der Waals surface area contributed by atoms with Gasteiger partial charge in [-0.05, 0) is 12.8 Å². The van der Waals surface area contributed by atoms with Crippen molar-refractivity contribution in [2.24, 2.45) is 11.1 Å². The van der Waals surface area contributed by atoms with Crippen molar-refractivity contribution in [1.82, 2.24) is 0 Å². The van der Waals surface area contributed by atoms with Gasteiger partial charge in [-0.3, -0.25) is 0 Å². The highest BCUT2D eigenvalue weighted by molar-refractivity contribution is 4.86. The van der Waals surface area contributed by atoms with Crippen LogP contribution >= 0.6 is 0 Å². The van der Waals surface area contributed by atoms with E-state index in [0.29, 0.717) is 6.54 Å². The van der Waals surface area contributed by atoms with Crippen molar-refractivity contribution in [3.05, 3.63) is 0 Å². The van der Waals surface area contributed by atoms with E-state index in [9.17, 15) is 0 Å². The van der Waals surface area contributed by atoms with Crippen LogP contribution in [-0.4, -0.2) is 23.0 Å². The number of aliphatic hydroxyl groups is 2. The fourth-order valence-electron chi connectivity index (χ4n) is 1.65. The molecule has 0 aromatic rings.